The first-order valence-electron chi connectivity index (χ1n) is 7.40. The third-order valence-corrected chi connectivity index (χ3v) is 4.51. The molecule has 1 aliphatic heterocycles. The van der Waals surface area contributed by atoms with E-state index in [2.05, 4.69) is 44.7 Å². The molecule has 0 amide bonds. The highest BCUT2D eigenvalue weighted by Gasteiger charge is 2.19. The summed E-state index contributed by atoms with van der Waals surface area (Å²) in [6, 6.07) is 8.26. The topological polar surface area (TPSA) is 49.7 Å². The highest BCUT2D eigenvalue weighted by atomic mass is 32.1. The quantitative estimate of drug-likeness (QED) is 0.739. The van der Waals surface area contributed by atoms with Gasteiger partial charge in [0.25, 0.3) is 0 Å². The van der Waals surface area contributed by atoms with Crippen molar-refractivity contribution in [3.05, 3.63) is 52.3 Å². The van der Waals surface area contributed by atoms with E-state index in [0.717, 1.165) is 37.4 Å². The smallest absolute Gasteiger partial charge is 0.196 e. The van der Waals surface area contributed by atoms with Crippen LogP contribution < -0.4 is 0 Å². The zero-order chi connectivity index (χ0) is 15.1. The van der Waals surface area contributed by atoms with Gasteiger partial charge in [0.05, 0.1) is 17.6 Å². The zero-order valence-corrected chi connectivity index (χ0v) is 13.2. The predicted octanol–water partition coefficient (Wildman–Crippen LogP) is 2.58. The molecule has 0 saturated carbocycles. The molecule has 5 nitrogen and oxygen atoms in total. The van der Waals surface area contributed by atoms with Gasteiger partial charge in [-0.15, -0.1) is 0 Å². The maximum absolute atomic E-state index is 5.09. The molecule has 3 heterocycles. The number of rotatable bonds is 2. The molecular weight excluding hydrogens is 294 g/mol. The van der Waals surface area contributed by atoms with Gasteiger partial charge in [0.2, 0.25) is 0 Å². The summed E-state index contributed by atoms with van der Waals surface area (Å²) in [5.74, 6) is 1.10. The van der Waals surface area contributed by atoms with Crippen LogP contribution in [-0.4, -0.2) is 31.0 Å². The van der Waals surface area contributed by atoms with Crippen molar-refractivity contribution in [1.82, 2.24) is 24.4 Å². The molecular formula is C16H17N5S. The van der Waals surface area contributed by atoms with Crippen LogP contribution in [0.25, 0.3) is 11.0 Å². The van der Waals surface area contributed by atoms with Crippen LogP contribution in [0.3, 0.4) is 0 Å². The summed E-state index contributed by atoms with van der Waals surface area (Å²) < 4.78 is 2.75. The van der Waals surface area contributed by atoms with Crippen molar-refractivity contribution in [3.63, 3.8) is 0 Å². The molecule has 1 aliphatic rings. The standard InChI is InChI=1S/C16H17N5S/c1-20-14-5-3-2-4-13(14)18-15(20)10-21-7-6-12-11(9-21)8-17-16(22)19-12/h2-5,8H,6-7,9-10H2,1H3,(H,17,19,22). The summed E-state index contributed by atoms with van der Waals surface area (Å²) in [7, 11) is 2.08. The Kier molecular flexibility index (Phi) is 3.28. The lowest BCUT2D eigenvalue weighted by molar-refractivity contribution is 0.235. The van der Waals surface area contributed by atoms with Gasteiger partial charge in [-0.3, -0.25) is 4.90 Å². The molecule has 0 atom stereocenters. The monoisotopic (exact) mass is 311 g/mol. The van der Waals surface area contributed by atoms with Gasteiger partial charge in [-0.05, 0) is 24.4 Å². The molecule has 2 aromatic heterocycles. The van der Waals surface area contributed by atoms with E-state index in [1.165, 1.54) is 16.8 Å². The summed E-state index contributed by atoms with van der Waals surface area (Å²) >= 11 is 5.09. The summed E-state index contributed by atoms with van der Waals surface area (Å²) in [5, 5.41) is 0. The van der Waals surface area contributed by atoms with Gasteiger partial charge in [0, 0.05) is 44.0 Å². The number of nitrogens with one attached hydrogen (secondary N) is 1. The highest BCUT2D eigenvalue weighted by molar-refractivity contribution is 7.71. The lowest BCUT2D eigenvalue weighted by atomic mass is 10.1. The lowest BCUT2D eigenvalue weighted by Gasteiger charge is -2.27. The fraction of sp³-hybridized carbons (Fsp3) is 0.312. The van der Waals surface area contributed by atoms with Crippen molar-refractivity contribution < 1.29 is 0 Å². The third-order valence-electron chi connectivity index (χ3n) is 4.30. The molecule has 0 fully saturated rings. The fourth-order valence-corrected chi connectivity index (χ4v) is 3.25. The van der Waals surface area contributed by atoms with Crippen LogP contribution in [0.15, 0.2) is 30.5 Å². The van der Waals surface area contributed by atoms with Crippen molar-refractivity contribution in [3.8, 4) is 0 Å². The van der Waals surface area contributed by atoms with Crippen LogP contribution in [0.1, 0.15) is 17.1 Å². The number of hydrogen-bond donors (Lipinski definition) is 1. The molecule has 1 aromatic carbocycles. The Morgan fingerprint density at radius 2 is 2.18 bits per heavy atom. The fourth-order valence-electron chi connectivity index (χ4n) is 3.08. The van der Waals surface area contributed by atoms with Crippen molar-refractivity contribution in [1.29, 1.82) is 0 Å². The van der Waals surface area contributed by atoms with Crippen LogP contribution in [0.5, 0.6) is 0 Å². The Hall–Kier alpha value is -2.05. The Morgan fingerprint density at radius 3 is 3.05 bits per heavy atom. The maximum atomic E-state index is 5.09. The third kappa shape index (κ3) is 2.34. The highest BCUT2D eigenvalue weighted by Crippen LogP contribution is 2.20. The lowest BCUT2D eigenvalue weighted by Crippen LogP contribution is -2.31. The number of aromatic amines is 1. The van der Waals surface area contributed by atoms with E-state index in [-0.39, 0.29) is 0 Å². The summed E-state index contributed by atoms with van der Waals surface area (Å²) in [6.07, 6.45) is 2.88. The first kappa shape index (κ1) is 13.6. The Balaban J connectivity index is 1.60. The average molecular weight is 311 g/mol. The van der Waals surface area contributed by atoms with Gasteiger partial charge in [-0.2, -0.15) is 0 Å². The van der Waals surface area contributed by atoms with Gasteiger partial charge in [0.1, 0.15) is 5.82 Å². The van der Waals surface area contributed by atoms with Crippen LogP contribution in [-0.2, 0) is 26.6 Å². The van der Waals surface area contributed by atoms with Crippen LogP contribution >= 0.6 is 12.2 Å². The minimum atomic E-state index is 0.572. The minimum Gasteiger partial charge on any atom is -0.334 e. The molecule has 3 aromatic rings. The van der Waals surface area contributed by atoms with Gasteiger partial charge in [-0.1, -0.05) is 12.1 Å². The molecule has 0 aliphatic carbocycles. The number of nitrogens with zero attached hydrogens (tertiary/aromatic N) is 4. The number of aryl methyl sites for hydroxylation is 1. The van der Waals surface area contributed by atoms with E-state index in [9.17, 15) is 0 Å². The molecule has 112 valence electrons. The van der Waals surface area contributed by atoms with Crippen LogP contribution in [0.4, 0.5) is 0 Å². The summed E-state index contributed by atoms with van der Waals surface area (Å²) in [4.78, 5) is 14.6. The molecule has 6 heteroatoms. The van der Waals surface area contributed by atoms with Crippen molar-refractivity contribution >= 4 is 23.3 Å². The molecule has 0 radical (unpaired) electrons. The SMILES string of the molecule is Cn1c(CN2CCc3[nH]c(=S)ncc3C2)nc2ccccc21. The molecule has 0 spiro atoms. The average Bonchev–Trinajstić information content (AvgIpc) is 2.84. The Bertz CT molecular complexity index is 895. The molecule has 4 rings (SSSR count). The molecule has 0 bridgehead atoms. The second-order valence-electron chi connectivity index (χ2n) is 5.73. The van der Waals surface area contributed by atoms with Crippen molar-refractivity contribution in [2.24, 2.45) is 7.05 Å². The molecule has 0 saturated heterocycles. The number of hydrogen-bond acceptors (Lipinski definition) is 4. The van der Waals surface area contributed by atoms with E-state index in [1.54, 1.807) is 0 Å². The molecule has 0 unspecified atom stereocenters. The summed E-state index contributed by atoms with van der Waals surface area (Å²) in [6.45, 7) is 2.74. The minimum absolute atomic E-state index is 0.572. The van der Waals surface area contributed by atoms with E-state index < -0.39 is 0 Å². The van der Waals surface area contributed by atoms with Crippen LogP contribution in [0.2, 0.25) is 0 Å². The number of benzene rings is 1. The largest absolute Gasteiger partial charge is 0.334 e. The van der Waals surface area contributed by atoms with E-state index >= 15 is 0 Å². The van der Waals surface area contributed by atoms with Crippen molar-refractivity contribution in [2.45, 2.75) is 19.5 Å². The zero-order valence-electron chi connectivity index (χ0n) is 12.4. The maximum Gasteiger partial charge on any atom is 0.196 e. The van der Waals surface area contributed by atoms with E-state index in [0.29, 0.717) is 4.77 Å². The van der Waals surface area contributed by atoms with Crippen LogP contribution in [0, 0.1) is 4.77 Å². The number of fused-ring (bicyclic) bond motifs is 2. The first-order chi connectivity index (χ1) is 10.7. The second-order valence-corrected chi connectivity index (χ2v) is 6.12. The van der Waals surface area contributed by atoms with E-state index in [1.807, 2.05) is 12.3 Å². The molecule has 1 N–H and O–H groups in total. The Morgan fingerprint density at radius 1 is 1.32 bits per heavy atom. The first-order valence-corrected chi connectivity index (χ1v) is 7.81. The van der Waals surface area contributed by atoms with Gasteiger partial charge in [-0.25, -0.2) is 9.97 Å². The molecule has 22 heavy (non-hydrogen) atoms. The van der Waals surface area contributed by atoms with Gasteiger partial charge < -0.3 is 9.55 Å². The number of H-pyrrole nitrogens is 1. The number of para-hydroxylation sites is 2. The van der Waals surface area contributed by atoms with Gasteiger partial charge in [0.15, 0.2) is 4.77 Å². The van der Waals surface area contributed by atoms with Crippen molar-refractivity contribution in [2.75, 3.05) is 6.54 Å². The normalized spacial score (nSPS) is 15.1. The number of imidazole rings is 1. The predicted molar refractivity (Wildman–Crippen MR) is 88.0 cm³/mol. The van der Waals surface area contributed by atoms with Gasteiger partial charge >= 0.3 is 0 Å². The Labute approximate surface area is 133 Å². The second kappa shape index (κ2) is 5.30. The summed E-state index contributed by atoms with van der Waals surface area (Å²) in [5.41, 5.74) is 4.70. The van der Waals surface area contributed by atoms with E-state index in [4.69, 9.17) is 17.2 Å². The number of aromatic nitrogens is 4.